The van der Waals surface area contributed by atoms with E-state index in [0.29, 0.717) is 43.9 Å². The van der Waals surface area contributed by atoms with Gasteiger partial charge in [0.15, 0.2) is 5.76 Å². The number of furan rings is 7. The Morgan fingerprint density at radius 3 is 1.08 bits per heavy atom. The van der Waals surface area contributed by atoms with E-state index in [2.05, 4.69) is 30.6 Å². The van der Waals surface area contributed by atoms with Crippen LogP contribution in [-0.2, 0) is 12.8 Å². The molecule has 2 aromatic carbocycles. The summed E-state index contributed by atoms with van der Waals surface area (Å²) in [4.78, 5) is 73.0. The number of nitrogens with zero attached hydrogens (tertiary/aromatic N) is 12. The standard InChI is InChI=1S/C18H16N2O3.C17H13ClN2O2.C14H10N2O3.2C14H10N2O2S.C14H14N2O2/c1-22-16-7-4-14(5-8-16)13-18(21)20-11-10-15(19-20)6-9-17-3-2-12-23-17;18-14-5-3-13(4-6-14)12-17(21)20-10-9-15(19-20)7-8-16-2-1-11-22-16;2*17-14(13-4-2-10-19-13)16-8-7-11(15-16)5-6-12-3-1-9-18-12;17-14(11-6-9-19-10-11)16-7-5-12(15-16)3-4-13-2-1-8-18-13;17-14(11-3-1-4-11)16-9-8-12(15-16)6-7-13-5-2-10-18-13/h2-12H,13H2,1H3;1-11H,12H2;3*1-10H;2,5-11H,1,3-4H2/b9-6+;8-7+;2*6-5+;4-3+;7-6+. The maximum Gasteiger partial charge on any atom is 0.313 e. The van der Waals surface area contributed by atoms with Gasteiger partial charge >= 0.3 is 5.91 Å². The van der Waals surface area contributed by atoms with Gasteiger partial charge in [0.25, 0.3) is 23.6 Å². The van der Waals surface area contributed by atoms with Gasteiger partial charge in [0.05, 0.1) is 108 Å². The van der Waals surface area contributed by atoms with E-state index >= 15 is 0 Å². The van der Waals surface area contributed by atoms with E-state index in [0.717, 1.165) is 76.4 Å². The maximum atomic E-state index is 12.2. The van der Waals surface area contributed by atoms with Gasteiger partial charge in [0, 0.05) is 53.5 Å². The van der Waals surface area contributed by atoms with Crippen molar-refractivity contribution in [2.45, 2.75) is 32.1 Å². The Labute approximate surface area is 698 Å². The summed E-state index contributed by atoms with van der Waals surface area (Å²) in [6.45, 7) is 0. The van der Waals surface area contributed by atoms with Crippen molar-refractivity contribution in [3.63, 3.8) is 0 Å². The third kappa shape index (κ3) is 24.6. The predicted molar refractivity (Wildman–Crippen MR) is 457 cm³/mol. The topological polar surface area (TPSA) is 311 Å². The first-order valence-electron chi connectivity index (χ1n) is 37.1. The number of hydrogen-bond acceptors (Lipinski definition) is 22. The van der Waals surface area contributed by atoms with Crippen molar-refractivity contribution in [1.82, 2.24) is 58.7 Å². The predicted octanol–water partition coefficient (Wildman–Crippen LogP) is 20.5. The molecule has 0 radical (unpaired) electrons. The molecule has 0 unspecified atom stereocenters. The Hall–Kier alpha value is -15.4. The molecular formula is C91H73ClN12O14S2. The maximum absolute atomic E-state index is 12.2. The molecule has 29 heteroatoms. The van der Waals surface area contributed by atoms with Gasteiger partial charge in [-0.25, -0.2) is 28.1 Å². The number of thiophene rings is 2. The zero-order valence-electron chi connectivity index (χ0n) is 64.0. The van der Waals surface area contributed by atoms with Crippen molar-refractivity contribution in [2.24, 2.45) is 5.92 Å². The zero-order chi connectivity index (χ0) is 83.0. The normalized spacial score (nSPS) is 11.8. The summed E-state index contributed by atoms with van der Waals surface area (Å²) in [7, 11) is 1.61. The van der Waals surface area contributed by atoms with Crippen LogP contribution < -0.4 is 4.74 Å². The molecule has 0 saturated heterocycles. The van der Waals surface area contributed by atoms with E-state index in [9.17, 15) is 28.8 Å². The van der Waals surface area contributed by atoms with Gasteiger partial charge in [-0.15, -0.1) is 11.3 Å². The molecule has 15 heterocycles. The van der Waals surface area contributed by atoms with Crippen LogP contribution in [0, 0.1) is 5.92 Å². The molecule has 17 aromatic rings. The molecule has 1 aliphatic rings. The molecule has 120 heavy (non-hydrogen) atoms. The summed E-state index contributed by atoms with van der Waals surface area (Å²) < 4.78 is 49.3. The van der Waals surface area contributed by atoms with Gasteiger partial charge in [0.1, 0.15) is 40.3 Å². The highest BCUT2D eigenvalue weighted by Crippen LogP contribution is 2.28. The summed E-state index contributed by atoms with van der Waals surface area (Å²) in [5, 5.41) is 31.5. The van der Waals surface area contributed by atoms with Crippen molar-refractivity contribution >= 4 is 143 Å². The largest absolute Gasteiger partial charge is 0.497 e. The number of ether oxygens (including phenoxy) is 1. The SMILES string of the molecule is COc1ccc(CC(=O)n2ccc(/C=C/c3ccco3)n2)cc1.O=C(C1CCC1)n1ccc(/C=C/c2ccco2)n1.O=C(Cc1ccc(Cl)cc1)n1ccc(/C=C/c2ccco2)n1.O=C(c1ccco1)n1ccc(/C=C/c2ccco2)n1.O=C(c1cccs1)n1ccc(/C=C/c2ccco2)n1.O=C(c1ccsc1)n1ccc(/C=C/c2ccco2)n1. The van der Waals surface area contributed by atoms with Crippen molar-refractivity contribution < 1.29 is 64.4 Å². The molecule has 1 fully saturated rings. The number of methoxy groups -OCH3 is 1. The number of rotatable bonds is 21. The number of carbonyl (C=O) groups excluding carboxylic acids is 6. The molecule has 18 rings (SSSR count). The lowest BCUT2D eigenvalue weighted by Crippen LogP contribution is -2.27. The Morgan fingerprint density at radius 1 is 0.383 bits per heavy atom. The lowest BCUT2D eigenvalue weighted by Gasteiger charge is -2.22. The summed E-state index contributed by atoms with van der Waals surface area (Å²) >= 11 is 8.72. The van der Waals surface area contributed by atoms with Gasteiger partial charge in [-0.1, -0.05) is 48.4 Å². The highest BCUT2D eigenvalue weighted by molar-refractivity contribution is 7.12. The van der Waals surface area contributed by atoms with Crippen LogP contribution in [0.5, 0.6) is 5.75 Å². The van der Waals surface area contributed by atoms with Gasteiger partial charge in [0.2, 0.25) is 5.91 Å². The number of hydrogen-bond donors (Lipinski definition) is 0. The Bertz CT molecular complexity index is 5890. The lowest BCUT2D eigenvalue weighted by molar-refractivity contribution is 0.0745. The highest BCUT2D eigenvalue weighted by atomic mass is 35.5. The molecule has 0 bridgehead atoms. The number of halogens is 1. The lowest BCUT2D eigenvalue weighted by atomic mass is 9.85. The molecular weight excluding hydrogens is 1580 g/mol. The fourth-order valence-corrected chi connectivity index (χ4v) is 12.3. The molecule has 0 amide bonds. The number of aromatic nitrogens is 12. The molecule has 1 aliphatic carbocycles. The van der Waals surface area contributed by atoms with E-state index in [4.69, 9.17) is 47.3 Å². The van der Waals surface area contributed by atoms with Gasteiger partial charge in [-0.3, -0.25) is 28.8 Å². The van der Waals surface area contributed by atoms with Gasteiger partial charge in [-0.2, -0.15) is 41.9 Å². The van der Waals surface area contributed by atoms with E-state index in [1.165, 1.54) is 57.0 Å². The third-order valence-electron chi connectivity index (χ3n) is 17.3. The van der Waals surface area contributed by atoms with E-state index in [-0.39, 0.29) is 60.0 Å². The molecule has 0 spiro atoms. The summed E-state index contributed by atoms with van der Waals surface area (Å²) in [6.07, 6.45) is 46.4. The summed E-state index contributed by atoms with van der Waals surface area (Å²) in [6, 6.07) is 56.0. The monoisotopic (exact) mass is 1660 g/mol. The first-order valence-corrected chi connectivity index (χ1v) is 39.3. The fourth-order valence-electron chi connectivity index (χ4n) is 10.9. The van der Waals surface area contributed by atoms with Crippen molar-refractivity contribution in [3.8, 4) is 5.75 Å². The molecule has 0 atom stereocenters. The van der Waals surface area contributed by atoms with Crippen LogP contribution in [0.25, 0.3) is 72.9 Å². The van der Waals surface area contributed by atoms with Gasteiger partial charge in [-0.05, 0) is 265 Å². The zero-order valence-corrected chi connectivity index (χ0v) is 66.3. The fraction of sp³-hybridized carbons (Fsp3) is 0.0769. The van der Waals surface area contributed by atoms with Crippen molar-refractivity contribution in [1.29, 1.82) is 0 Å². The quantitative estimate of drug-likeness (QED) is 0.0645. The van der Waals surface area contributed by atoms with Crippen LogP contribution in [0.4, 0.5) is 0 Å². The Morgan fingerprint density at radius 2 is 0.742 bits per heavy atom. The minimum absolute atomic E-state index is 0.0900. The van der Waals surface area contributed by atoms with E-state index in [1.807, 2.05) is 156 Å². The molecule has 15 aromatic heterocycles. The smallest absolute Gasteiger partial charge is 0.313 e. The summed E-state index contributed by atoms with van der Waals surface area (Å²) in [5.74, 6) is 5.05. The third-order valence-corrected chi connectivity index (χ3v) is 19.1. The minimum Gasteiger partial charge on any atom is -0.497 e. The molecule has 1 saturated carbocycles. The molecule has 0 N–H and O–H groups in total. The molecule has 26 nitrogen and oxygen atoms in total. The van der Waals surface area contributed by atoms with E-state index < -0.39 is 0 Å². The second-order valence-corrected chi connectivity index (χ2v) is 27.8. The van der Waals surface area contributed by atoms with Crippen molar-refractivity contribution in [3.05, 3.63) is 386 Å². The Kier molecular flexibility index (Phi) is 29.1. The van der Waals surface area contributed by atoms with Crippen LogP contribution in [0.2, 0.25) is 5.02 Å². The first-order chi connectivity index (χ1) is 58.8. The second-order valence-electron chi connectivity index (χ2n) is 25.7. The van der Waals surface area contributed by atoms with Crippen LogP contribution in [-0.4, -0.2) is 101 Å². The van der Waals surface area contributed by atoms with Crippen LogP contribution in [0.3, 0.4) is 0 Å². The summed E-state index contributed by atoms with van der Waals surface area (Å²) in [5.41, 5.74) is 6.70. The van der Waals surface area contributed by atoms with Gasteiger partial charge < -0.3 is 35.7 Å². The second kappa shape index (κ2) is 42.3. The number of benzene rings is 2. The van der Waals surface area contributed by atoms with Crippen LogP contribution in [0.1, 0.15) is 144 Å². The average molecular weight is 1660 g/mol. The van der Waals surface area contributed by atoms with Crippen LogP contribution >= 0.6 is 34.3 Å². The average Bonchev–Trinajstić information content (AvgIpc) is 1.71. The minimum atomic E-state index is -0.303. The van der Waals surface area contributed by atoms with Crippen LogP contribution in [0.15, 0.2) is 316 Å². The number of carbonyl (C=O) groups is 6. The van der Waals surface area contributed by atoms with E-state index in [1.54, 1.807) is 203 Å². The Balaban J connectivity index is 0.000000125. The highest BCUT2D eigenvalue weighted by Gasteiger charge is 2.27. The van der Waals surface area contributed by atoms with Crippen molar-refractivity contribution in [2.75, 3.05) is 7.11 Å². The molecule has 600 valence electrons. The molecule has 0 aliphatic heterocycles. The first kappa shape index (κ1) is 82.6.